The largest absolute Gasteiger partial charge is 0.481 e. The van der Waals surface area contributed by atoms with Crippen molar-refractivity contribution in [3.8, 4) is 0 Å². The number of carbonyl (C=O) groups is 1. The Morgan fingerprint density at radius 3 is 2.75 bits per heavy atom. The topological polar surface area (TPSA) is 76.2 Å². The number of carboxylic acid groups (broad SMARTS) is 1. The minimum absolute atomic E-state index is 0.0232. The molecule has 0 fully saturated rings. The zero-order valence-electron chi connectivity index (χ0n) is 9.11. The van der Waals surface area contributed by atoms with E-state index < -0.39 is 17.2 Å². The maximum atomic E-state index is 12.9. The average Bonchev–Trinajstić information content (AvgIpc) is 2.25. The number of pyridine rings is 1. The molecule has 5 heteroatoms. The first-order valence-corrected chi connectivity index (χ1v) is 5.07. The highest BCUT2D eigenvalue weighted by Crippen LogP contribution is 2.26. The minimum Gasteiger partial charge on any atom is -0.481 e. The van der Waals surface area contributed by atoms with E-state index in [9.17, 15) is 9.18 Å². The summed E-state index contributed by atoms with van der Waals surface area (Å²) in [7, 11) is 0. The van der Waals surface area contributed by atoms with E-state index in [0.29, 0.717) is 12.0 Å². The second kappa shape index (κ2) is 5.03. The predicted octanol–water partition coefficient (Wildman–Crippen LogP) is 1.20. The van der Waals surface area contributed by atoms with Crippen molar-refractivity contribution in [1.82, 2.24) is 4.98 Å². The molecule has 0 aliphatic heterocycles. The van der Waals surface area contributed by atoms with E-state index in [-0.39, 0.29) is 13.0 Å². The van der Waals surface area contributed by atoms with E-state index in [1.54, 1.807) is 6.92 Å². The first-order chi connectivity index (χ1) is 7.54. The number of hydrogen-bond acceptors (Lipinski definition) is 3. The zero-order valence-corrected chi connectivity index (χ0v) is 9.11. The molecule has 0 amide bonds. The predicted molar refractivity (Wildman–Crippen MR) is 57.3 cm³/mol. The third kappa shape index (κ3) is 2.55. The normalized spacial score (nSPS) is 14.4. The third-order valence-electron chi connectivity index (χ3n) is 2.83. The lowest BCUT2D eigenvalue weighted by Gasteiger charge is -2.26. The van der Waals surface area contributed by atoms with Gasteiger partial charge in [-0.05, 0) is 24.5 Å². The highest BCUT2D eigenvalue weighted by Gasteiger charge is 2.35. The quantitative estimate of drug-likeness (QED) is 0.791. The van der Waals surface area contributed by atoms with E-state index in [0.717, 1.165) is 6.20 Å². The molecule has 3 N–H and O–H groups in total. The Bertz CT molecular complexity index is 378. The Morgan fingerprint density at radius 1 is 1.62 bits per heavy atom. The van der Waals surface area contributed by atoms with Crippen LogP contribution in [0.3, 0.4) is 0 Å². The van der Waals surface area contributed by atoms with Gasteiger partial charge in [-0.15, -0.1) is 0 Å². The first kappa shape index (κ1) is 12.6. The second-order valence-corrected chi connectivity index (χ2v) is 3.83. The molecule has 4 nitrogen and oxygen atoms in total. The molecule has 0 spiro atoms. The highest BCUT2D eigenvalue weighted by molar-refractivity contribution is 5.75. The van der Waals surface area contributed by atoms with E-state index >= 15 is 0 Å². The van der Waals surface area contributed by atoms with E-state index in [4.69, 9.17) is 10.8 Å². The van der Waals surface area contributed by atoms with Gasteiger partial charge >= 0.3 is 5.97 Å². The molecule has 0 radical (unpaired) electrons. The van der Waals surface area contributed by atoms with Gasteiger partial charge in [0, 0.05) is 12.7 Å². The van der Waals surface area contributed by atoms with Crippen LogP contribution in [0.15, 0.2) is 18.5 Å². The van der Waals surface area contributed by atoms with Crippen LogP contribution < -0.4 is 5.73 Å². The van der Waals surface area contributed by atoms with Gasteiger partial charge in [-0.3, -0.25) is 9.78 Å². The van der Waals surface area contributed by atoms with Crippen molar-refractivity contribution in [3.05, 3.63) is 29.8 Å². The van der Waals surface area contributed by atoms with E-state index in [2.05, 4.69) is 4.98 Å². The first-order valence-electron chi connectivity index (χ1n) is 5.07. The van der Waals surface area contributed by atoms with Gasteiger partial charge in [0.25, 0.3) is 0 Å². The highest BCUT2D eigenvalue weighted by atomic mass is 19.1. The molecule has 1 atom stereocenters. The molecule has 16 heavy (non-hydrogen) atoms. The number of rotatable bonds is 5. The van der Waals surface area contributed by atoms with Crippen molar-refractivity contribution in [2.75, 3.05) is 6.54 Å². The van der Waals surface area contributed by atoms with Crippen LogP contribution in [0.1, 0.15) is 18.9 Å². The van der Waals surface area contributed by atoms with Gasteiger partial charge in [-0.1, -0.05) is 6.92 Å². The van der Waals surface area contributed by atoms with Gasteiger partial charge in [-0.25, -0.2) is 4.39 Å². The summed E-state index contributed by atoms with van der Waals surface area (Å²) in [5, 5.41) is 9.16. The van der Waals surface area contributed by atoms with Gasteiger partial charge in [-0.2, -0.15) is 0 Å². The number of nitrogens with two attached hydrogens (primary N) is 1. The maximum absolute atomic E-state index is 12.9. The van der Waals surface area contributed by atoms with Crippen molar-refractivity contribution in [2.24, 2.45) is 11.1 Å². The standard InChI is InChI=1S/C11H15FN2O2/c1-2-11(7-13,10(15)16)4-8-3-9(12)6-14-5-8/h3,5-6H,2,4,7,13H2,1H3,(H,15,16). The van der Waals surface area contributed by atoms with Crippen LogP contribution in [-0.2, 0) is 11.2 Å². The zero-order chi connectivity index (χ0) is 12.2. The average molecular weight is 226 g/mol. The fourth-order valence-corrected chi connectivity index (χ4v) is 1.60. The molecule has 0 bridgehead atoms. The summed E-state index contributed by atoms with van der Waals surface area (Å²) in [6, 6.07) is 1.29. The third-order valence-corrected chi connectivity index (χ3v) is 2.83. The van der Waals surface area contributed by atoms with Crippen molar-refractivity contribution in [3.63, 3.8) is 0 Å². The van der Waals surface area contributed by atoms with Crippen molar-refractivity contribution in [1.29, 1.82) is 0 Å². The minimum atomic E-state index is -1.03. The fourth-order valence-electron chi connectivity index (χ4n) is 1.60. The molecular formula is C11H15FN2O2. The number of carboxylic acids is 1. The lowest BCUT2D eigenvalue weighted by Crippen LogP contribution is -2.40. The van der Waals surface area contributed by atoms with Crippen LogP contribution >= 0.6 is 0 Å². The second-order valence-electron chi connectivity index (χ2n) is 3.83. The molecule has 1 aromatic rings. The Morgan fingerprint density at radius 2 is 2.31 bits per heavy atom. The van der Waals surface area contributed by atoms with Crippen LogP contribution in [-0.4, -0.2) is 22.6 Å². The summed E-state index contributed by atoms with van der Waals surface area (Å²) in [6.45, 7) is 1.78. The fraction of sp³-hybridized carbons (Fsp3) is 0.455. The van der Waals surface area contributed by atoms with Crippen LogP contribution in [0.4, 0.5) is 4.39 Å². The maximum Gasteiger partial charge on any atom is 0.311 e. The molecule has 0 aromatic carbocycles. The number of aliphatic carboxylic acids is 1. The van der Waals surface area contributed by atoms with Gasteiger partial charge in [0.05, 0.1) is 11.6 Å². The molecule has 0 aliphatic rings. The molecule has 1 heterocycles. The van der Waals surface area contributed by atoms with Crippen molar-refractivity contribution < 1.29 is 14.3 Å². The molecule has 0 saturated heterocycles. The molecule has 0 saturated carbocycles. The Balaban J connectivity index is 2.96. The number of halogens is 1. The summed E-state index contributed by atoms with van der Waals surface area (Å²) in [6.07, 6.45) is 3.14. The monoisotopic (exact) mass is 226 g/mol. The Kier molecular flexibility index (Phi) is 3.95. The van der Waals surface area contributed by atoms with Crippen molar-refractivity contribution in [2.45, 2.75) is 19.8 Å². The summed E-state index contributed by atoms with van der Waals surface area (Å²) < 4.78 is 12.9. The molecule has 1 aromatic heterocycles. The summed E-state index contributed by atoms with van der Waals surface area (Å²) in [5.41, 5.74) is 5.03. The molecule has 88 valence electrons. The van der Waals surface area contributed by atoms with Gasteiger partial charge in [0.15, 0.2) is 0 Å². The lowest BCUT2D eigenvalue weighted by molar-refractivity contribution is -0.148. The van der Waals surface area contributed by atoms with Gasteiger partial charge in [0.1, 0.15) is 5.82 Å². The van der Waals surface area contributed by atoms with Crippen LogP contribution in [0.5, 0.6) is 0 Å². The van der Waals surface area contributed by atoms with Crippen molar-refractivity contribution >= 4 is 5.97 Å². The van der Waals surface area contributed by atoms with Gasteiger partial charge < -0.3 is 10.8 Å². The number of hydrogen-bond donors (Lipinski definition) is 2. The Hall–Kier alpha value is -1.49. The smallest absolute Gasteiger partial charge is 0.311 e. The molecule has 1 rings (SSSR count). The van der Waals surface area contributed by atoms with Crippen LogP contribution in [0.2, 0.25) is 0 Å². The van der Waals surface area contributed by atoms with E-state index in [1.165, 1.54) is 12.3 Å². The SMILES string of the molecule is CCC(CN)(Cc1cncc(F)c1)C(=O)O. The summed E-state index contributed by atoms with van der Waals surface area (Å²) in [5.74, 6) is -1.42. The van der Waals surface area contributed by atoms with Gasteiger partial charge in [0.2, 0.25) is 0 Å². The summed E-state index contributed by atoms with van der Waals surface area (Å²) in [4.78, 5) is 14.9. The summed E-state index contributed by atoms with van der Waals surface area (Å²) >= 11 is 0. The molecule has 1 unspecified atom stereocenters. The van der Waals surface area contributed by atoms with Crippen LogP contribution in [0.25, 0.3) is 0 Å². The van der Waals surface area contributed by atoms with Crippen LogP contribution in [0, 0.1) is 11.2 Å². The lowest BCUT2D eigenvalue weighted by atomic mass is 9.79. The number of aromatic nitrogens is 1. The molecule has 0 aliphatic carbocycles. The molecular weight excluding hydrogens is 211 g/mol. The van der Waals surface area contributed by atoms with E-state index in [1.807, 2.05) is 0 Å². The number of nitrogens with zero attached hydrogens (tertiary/aromatic N) is 1. The Labute approximate surface area is 93.3 Å².